The lowest BCUT2D eigenvalue weighted by molar-refractivity contribution is -0.137. The van der Waals surface area contributed by atoms with E-state index in [1.165, 1.54) is 17.7 Å². The fourth-order valence-corrected chi connectivity index (χ4v) is 4.60. The molecule has 2 heterocycles. The highest BCUT2D eigenvalue weighted by atomic mass is 19.1. The Morgan fingerprint density at radius 3 is 2.67 bits per heavy atom. The van der Waals surface area contributed by atoms with Gasteiger partial charge in [0.2, 0.25) is 5.91 Å². The molecule has 1 amide bonds. The zero-order chi connectivity index (χ0) is 23.4. The highest BCUT2D eigenvalue weighted by Gasteiger charge is 2.36. The van der Waals surface area contributed by atoms with E-state index in [0.29, 0.717) is 12.1 Å². The summed E-state index contributed by atoms with van der Waals surface area (Å²) in [5, 5.41) is 0. The van der Waals surface area contributed by atoms with Crippen LogP contribution in [0.5, 0.6) is 5.75 Å². The first kappa shape index (κ1) is 23.0. The second kappa shape index (κ2) is 9.74. The average molecular weight is 447 g/mol. The number of amides is 1. The average Bonchev–Trinajstić information content (AvgIpc) is 2.84. The summed E-state index contributed by atoms with van der Waals surface area (Å²) in [5.41, 5.74) is 3.26. The molecule has 3 aromatic rings. The lowest BCUT2D eigenvalue weighted by Gasteiger charge is -2.37. The Balaban J connectivity index is 1.44. The zero-order valence-corrected chi connectivity index (χ0v) is 19.6. The smallest absolute Gasteiger partial charge is 0.232 e. The van der Waals surface area contributed by atoms with Gasteiger partial charge in [0.1, 0.15) is 11.6 Å². The molecule has 5 heteroatoms. The number of carbonyl (C=O) groups is 1. The van der Waals surface area contributed by atoms with Crippen molar-refractivity contribution in [2.24, 2.45) is 0 Å². The molecule has 0 N–H and O–H groups in total. The number of aromatic nitrogens is 1. The van der Waals surface area contributed by atoms with Crippen molar-refractivity contribution >= 4 is 5.91 Å². The van der Waals surface area contributed by atoms with Crippen molar-refractivity contribution in [3.05, 3.63) is 95.1 Å². The first-order valence-corrected chi connectivity index (χ1v) is 11.5. The first-order chi connectivity index (χ1) is 15.9. The van der Waals surface area contributed by atoms with Gasteiger partial charge < -0.3 is 9.64 Å². The summed E-state index contributed by atoms with van der Waals surface area (Å²) >= 11 is 0. The van der Waals surface area contributed by atoms with Crippen LogP contribution in [0.15, 0.2) is 66.9 Å². The van der Waals surface area contributed by atoms with Gasteiger partial charge in [0.05, 0.1) is 12.5 Å². The normalized spacial score (nSPS) is 16.5. The van der Waals surface area contributed by atoms with Gasteiger partial charge in [0, 0.05) is 30.9 Å². The van der Waals surface area contributed by atoms with Gasteiger partial charge in [0.15, 0.2) is 0 Å². The lowest BCUT2D eigenvalue weighted by atomic mass is 9.82. The second-order valence-corrected chi connectivity index (χ2v) is 9.35. The molecule has 1 aliphatic heterocycles. The number of hydrogen-bond acceptors (Lipinski definition) is 3. The van der Waals surface area contributed by atoms with Gasteiger partial charge in [-0.05, 0) is 80.1 Å². The SMILES string of the molecule is COc1cccc(Cc2ccc(C3CCCN(C(=O)C(C)(C)c4cccc(F)c4)C3)nc2)c1. The van der Waals surface area contributed by atoms with Crippen LogP contribution in [0.2, 0.25) is 0 Å². The largest absolute Gasteiger partial charge is 0.497 e. The third-order valence-corrected chi connectivity index (χ3v) is 6.60. The summed E-state index contributed by atoms with van der Waals surface area (Å²) in [6.45, 7) is 5.11. The van der Waals surface area contributed by atoms with Crippen LogP contribution >= 0.6 is 0 Å². The Kier molecular flexibility index (Phi) is 6.77. The quantitative estimate of drug-likeness (QED) is 0.502. The van der Waals surface area contributed by atoms with Crippen LogP contribution in [0.4, 0.5) is 4.39 Å². The number of benzene rings is 2. The number of hydrogen-bond donors (Lipinski definition) is 0. The van der Waals surface area contributed by atoms with E-state index in [1.807, 2.05) is 49.2 Å². The maximum absolute atomic E-state index is 13.8. The van der Waals surface area contributed by atoms with Gasteiger partial charge in [-0.15, -0.1) is 0 Å². The summed E-state index contributed by atoms with van der Waals surface area (Å²) in [6, 6.07) is 18.6. The van der Waals surface area contributed by atoms with Gasteiger partial charge in [-0.1, -0.05) is 30.3 Å². The Bertz CT molecular complexity index is 1110. The maximum Gasteiger partial charge on any atom is 0.232 e. The summed E-state index contributed by atoms with van der Waals surface area (Å²) in [6.07, 6.45) is 4.67. The van der Waals surface area contributed by atoms with Crippen molar-refractivity contribution in [3.8, 4) is 5.75 Å². The second-order valence-electron chi connectivity index (χ2n) is 9.35. The molecule has 1 saturated heterocycles. The van der Waals surface area contributed by atoms with E-state index in [1.54, 1.807) is 13.2 Å². The van der Waals surface area contributed by atoms with Gasteiger partial charge in [0.25, 0.3) is 0 Å². The molecule has 0 aliphatic carbocycles. The predicted octanol–water partition coefficient (Wildman–Crippen LogP) is 5.50. The van der Waals surface area contributed by atoms with Crippen LogP contribution in [0.3, 0.4) is 0 Å². The Morgan fingerprint density at radius 1 is 1.12 bits per heavy atom. The molecule has 2 aromatic carbocycles. The Hall–Kier alpha value is -3.21. The fraction of sp³-hybridized carbons (Fsp3) is 0.357. The van der Waals surface area contributed by atoms with Crippen LogP contribution in [-0.2, 0) is 16.6 Å². The minimum absolute atomic E-state index is 0.0347. The molecule has 1 aliphatic rings. The van der Waals surface area contributed by atoms with Crippen molar-refractivity contribution in [1.82, 2.24) is 9.88 Å². The third-order valence-electron chi connectivity index (χ3n) is 6.60. The highest BCUT2D eigenvalue weighted by molar-refractivity contribution is 5.87. The number of carbonyl (C=O) groups excluding carboxylic acids is 1. The zero-order valence-electron chi connectivity index (χ0n) is 19.6. The van der Waals surface area contributed by atoms with E-state index in [9.17, 15) is 9.18 Å². The summed E-state index contributed by atoms with van der Waals surface area (Å²) in [4.78, 5) is 20.1. The monoisotopic (exact) mass is 446 g/mol. The molecule has 1 unspecified atom stereocenters. The number of likely N-dealkylation sites (tertiary alicyclic amines) is 1. The van der Waals surface area contributed by atoms with E-state index in [2.05, 4.69) is 18.2 Å². The Labute approximate surface area is 195 Å². The standard InChI is InChI=1S/C28H31FN2O2/c1-28(2,23-9-5-10-24(29)17-23)27(32)31-14-6-8-22(19-31)26-13-12-21(18-30-26)15-20-7-4-11-25(16-20)33-3/h4-5,7,9-13,16-18,22H,6,8,14-15,19H2,1-3H3. The molecule has 1 fully saturated rings. The van der Waals surface area contributed by atoms with E-state index >= 15 is 0 Å². The van der Waals surface area contributed by atoms with Gasteiger partial charge >= 0.3 is 0 Å². The van der Waals surface area contributed by atoms with E-state index in [-0.39, 0.29) is 17.6 Å². The van der Waals surface area contributed by atoms with Gasteiger partial charge in [-0.25, -0.2) is 4.39 Å². The number of nitrogens with zero attached hydrogens (tertiary/aromatic N) is 2. The first-order valence-electron chi connectivity index (χ1n) is 11.5. The number of methoxy groups -OCH3 is 1. The van der Waals surface area contributed by atoms with Crippen molar-refractivity contribution in [2.75, 3.05) is 20.2 Å². The summed E-state index contributed by atoms with van der Waals surface area (Å²) < 4.78 is 19.1. The molecule has 0 radical (unpaired) electrons. The molecule has 0 bridgehead atoms. The van der Waals surface area contributed by atoms with Crippen LogP contribution in [0.1, 0.15) is 55.0 Å². The Morgan fingerprint density at radius 2 is 1.94 bits per heavy atom. The highest BCUT2D eigenvalue weighted by Crippen LogP contribution is 2.31. The van der Waals surface area contributed by atoms with Crippen molar-refractivity contribution < 1.29 is 13.9 Å². The van der Waals surface area contributed by atoms with Gasteiger partial charge in [-0.2, -0.15) is 0 Å². The minimum atomic E-state index is -0.780. The van der Waals surface area contributed by atoms with Crippen LogP contribution in [0.25, 0.3) is 0 Å². The fourth-order valence-electron chi connectivity index (χ4n) is 4.60. The number of piperidine rings is 1. The molecule has 1 aromatic heterocycles. The van der Waals surface area contributed by atoms with Crippen LogP contribution in [0, 0.1) is 5.82 Å². The molecular weight excluding hydrogens is 415 g/mol. The molecule has 4 rings (SSSR count). The maximum atomic E-state index is 13.8. The van der Waals surface area contributed by atoms with Crippen molar-refractivity contribution in [1.29, 1.82) is 0 Å². The number of pyridine rings is 1. The summed E-state index contributed by atoms with van der Waals surface area (Å²) in [5.74, 6) is 0.776. The van der Waals surface area contributed by atoms with Crippen molar-refractivity contribution in [3.63, 3.8) is 0 Å². The minimum Gasteiger partial charge on any atom is -0.497 e. The number of ether oxygens (including phenoxy) is 1. The van der Waals surface area contributed by atoms with Crippen LogP contribution in [-0.4, -0.2) is 36.0 Å². The molecule has 1 atom stereocenters. The van der Waals surface area contributed by atoms with E-state index in [0.717, 1.165) is 42.8 Å². The topological polar surface area (TPSA) is 42.4 Å². The molecule has 0 saturated carbocycles. The lowest BCUT2D eigenvalue weighted by Crippen LogP contribution is -2.47. The van der Waals surface area contributed by atoms with E-state index in [4.69, 9.17) is 9.72 Å². The number of rotatable bonds is 6. The van der Waals surface area contributed by atoms with Gasteiger partial charge in [-0.3, -0.25) is 9.78 Å². The van der Waals surface area contributed by atoms with E-state index < -0.39 is 5.41 Å². The molecule has 4 nitrogen and oxygen atoms in total. The molecule has 0 spiro atoms. The van der Waals surface area contributed by atoms with Crippen molar-refractivity contribution in [2.45, 2.75) is 44.4 Å². The third kappa shape index (κ3) is 5.24. The predicted molar refractivity (Wildman–Crippen MR) is 128 cm³/mol. The molecule has 33 heavy (non-hydrogen) atoms. The van der Waals surface area contributed by atoms with Crippen LogP contribution < -0.4 is 4.74 Å². The molecular formula is C28H31FN2O2. The number of halogens is 1. The summed E-state index contributed by atoms with van der Waals surface area (Å²) in [7, 11) is 1.67. The molecule has 172 valence electrons.